The third-order valence-electron chi connectivity index (χ3n) is 2.38. The Morgan fingerprint density at radius 3 is 2.75 bits per heavy atom. The number of carbonyl (C=O) groups is 1. The zero-order valence-corrected chi connectivity index (χ0v) is 13.3. The van der Waals surface area contributed by atoms with E-state index in [0.29, 0.717) is 4.88 Å². The van der Waals surface area contributed by atoms with Crippen LogP contribution in [0.2, 0.25) is 0 Å². The van der Waals surface area contributed by atoms with Crippen molar-refractivity contribution in [2.75, 3.05) is 18.6 Å². The smallest absolute Gasteiger partial charge is 0.261 e. The quantitative estimate of drug-likeness (QED) is 0.793. The lowest BCUT2D eigenvalue weighted by atomic mass is 10.2. The molecule has 1 aromatic rings. The van der Waals surface area contributed by atoms with E-state index >= 15 is 0 Å². The Bertz CT molecular complexity index is 651. The van der Waals surface area contributed by atoms with E-state index in [1.807, 2.05) is 6.92 Å². The Morgan fingerprint density at radius 1 is 1.55 bits per heavy atom. The average Bonchev–Trinajstić information content (AvgIpc) is 2.65. The van der Waals surface area contributed by atoms with Crippen LogP contribution < -0.4 is 11.1 Å². The molecule has 5 nitrogen and oxygen atoms in total. The Morgan fingerprint density at radius 2 is 2.20 bits per heavy atom. The molecule has 1 aromatic heterocycles. The third-order valence-corrected chi connectivity index (χ3v) is 4.63. The highest BCUT2D eigenvalue weighted by Gasteiger charge is 2.16. The molecule has 0 bridgehead atoms. The van der Waals surface area contributed by atoms with E-state index in [1.165, 1.54) is 11.3 Å². The Kier molecular flexibility index (Phi) is 5.74. The summed E-state index contributed by atoms with van der Waals surface area (Å²) in [5, 5.41) is 2.67. The fraction of sp³-hybridized carbons (Fsp3) is 0.462. The largest absolute Gasteiger partial charge is 0.348 e. The maximum Gasteiger partial charge on any atom is 0.261 e. The molecule has 1 heterocycles. The maximum absolute atomic E-state index is 12.0. The molecule has 3 N–H and O–H groups in total. The van der Waals surface area contributed by atoms with Crippen molar-refractivity contribution in [3.8, 4) is 11.8 Å². The fourth-order valence-corrected chi connectivity index (χ4v) is 3.58. The van der Waals surface area contributed by atoms with Gasteiger partial charge in [-0.2, -0.15) is 0 Å². The number of hydrogen-bond acceptors (Lipinski definition) is 5. The molecule has 0 spiro atoms. The molecule has 1 atom stereocenters. The summed E-state index contributed by atoms with van der Waals surface area (Å²) in [5.74, 6) is 5.29. The first-order valence-electron chi connectivity index (χ1n) is 6.01. The molecule has 0 aliphatic heterocycles. The summed E-state index contributed by atoms with van der Waals surface area (Å²) in [6, 6.07) is 1.31. The molecule has 1 rings (SSSR count). The van der Waals surface area contributed by atoms with E-state index in [4.69, 9.17) is 5.73 Å². The molecule has 0 fully saturated rings. The minimum absolute atomic E-state index is 0.0804. The van der Waals surface area contributed by atoms with Gasteiger partial charge < -0.3 is 11.1 Å². The topological polar surface area (TPSA) is 89.3 Å². The molecule has 20 heavy (non-hydrogen) atoms. The van der Waals surface area contributed by atoms with Gasteiger partial charge in [0.05, 0.1) is 22.1 Å². The molecule has 7 heteroatoms. The van der Waals surface area contributed by atoms with Crippen LogP contribution in [0.3, 0.4) is 0 Å². The predicted octanol–water partition coefficient (Wildman–Crippen LogP) is 0.530. The molecule has 110 valence electrons. The first kappa shape index (κ1) is 16.7. The highest BCUT2D eigenvalue weighted by molar-refractivity contribution is 7.90. The highest BCUT2D eigenvalue weighted by Crippen LogP contribution is 2.20. The lowest BCUT2D eigenvalue weighted by molar-refractivity contribution is 0.0947. The molecule has 1 amide bonds. The van der Waals surface area contributed by atoms with Gasteiger partial charge in [-0.25, -0.2) is 8.42 Å². The molecule has 0 radical (unpaired) electrons. The van der Waals surface area contributed by atoms with Crippen LogP contribution >= 0.6 is 11.3 Å². The number of rotatable bonds is 4. The van der Waals surface area contributed by atoms with Gasteiger partial charge in [-0.1, -0.05) is 11.8 Å². The van der Waals surface area contributed by atoms with Gasteiger partial charge in [0.1, 0.15) is 9.84 Å². The van der Waals surface area contributed by atoms with Crippen LogP contribution in [-0.4, -0.2) is 38.9 Å². The van der Waals surface area contributed by atoms with E-state index < -0.39 is 15.9 Å². The van der Waals surface area contributed by atoms with Crippen molar-refractivity contribution in [2.24, 2.45) is 5.73 Å². The van der Waals surface area contributed by atoms with Gasteiger partial charge in [0.15, 0.2) is 0 Å². The Labute approximate surface area is 123 Å². The number of nitrogens with two attached hydrogens (primary N) is 1. The molecule has 0 aromatic carbocycles. The highest BCUT2D eigenvalue weighted by atomic mass is 32.2. The van der Waals surface area contributed by atoms with E-state index in [1.54, 1.807) is 13.0 Å². The summed E-state index contributed by atoms with van der Waals surface area (Å²) in [4.78, 5) is 13.3. The normalized spacial score (nSPS) is 12.4. The summed E-state index contributed by atoms with van der Waals surface area (Å²) in [6.07, 6.45) is 1.14. The summed E-state index contributed by atoms with van der Waals surface area (Å²) >= 11 is 1.28. The lowest BCUT2D eigenvalue weighted by Crippen LogP contribution is -2.36. The molecule has 0 aliphatic carbocycles. The zero-order chi connectivity index (χ0) is 15.3. The van der Waals surface area contributed by atoms with Gasteiger partial charge in [-0.05, 0) is 25.5 Å². The lowest BCUT2D eigenvalue weighted by Gasteiger charge is -2.11. The molecule has 1 unspecified atom stereocenters. The van der Waals surface area contributed by atoms with E-state index in [0.717, 1.165) is 16.7 Å². The van der Waals surface area contributed by atoms with Crippen LogP contribution in [0.15, 0.2) is 6.07 Å². The van der Waals surface area contributed by atoms with Crippen LogP contribution in [0.4, 0.5) is 0 Å². The molecule has 0 saturated heterocycles. The van der Waals surface area contributed by atoms with E-state index in [9.17, 15) is 13.2 Å². The first-order chi connectivity index (χ1) is 9.23. The number of sulfone groups is 1. The van der Waals surface area contributed by atoms with Crippen molar-refractivity contribution in [1.29, 1.82) is 0 Å². The van der Waals surface area contributed by atoms with Crippen LogP contribution in [0.25, 0.3) is 0 Å². The number of amides is 1. The second-order valence-electron chi connectivity index (χ2n) is 4.60. The second-order valence-corrected chi connectivity index (χ2v) is 7.83. The van der Waals surface area contributed by atoms with E-state index in [-0.39, 0.29) is 18.2 Å². The van der Waals surface area contributed by atoms with Crippen molar-refractivity contribution >= 4 is 27.1 Å². The molecular weight excluding hydrogens is 296 g/mol. The van der Waals surface area contributed by atoms with Crippen molar-refractivity contribution in [3.05, 3.63) is 21.4 Å². The van der Waals surface area contributed by atoms with Crippen molar-refractivity contribution in [2.45, 2.75) is 19.9 Å². The van der Waals surface area contributed by atoms with Crippen LogP contribution in [0.5, 0.6) is 0 Å². The summed E-state index contributed by atoms with van der Waals surface area (Å²) in [7, 11) is -3.11. The predicted molar refractivity (Wildman–Crippen MR) is 81.6 cm³/mol. The van der Waals surface area contributed by atoms with Crippen molar-refractivity contribution in [1.82, 2.24) is 5.32 Å². The number of aryl methyl sites for hydroxylation is 1. The van der Waals surface area contributed by atoms with Gasteiger partial charge >= 0.3 is 0 Å². The summed E-state index contributed by atoms with van der Waals surface area (Å²) < 4.78 is 22.3. The van der Waals surface area contributed by atoms with Gasteiger partial charge in [-0.3, -0.25) is 4.79 Å². The summed E-state index contributed by atoms with van der Waals surface area (Å²) in [6.45, 7) is 3.80. The number of thiophene rings is 1. The van der Waals surface area contributed by atoms with Gasteiger partial charge in [0.2, 0.25) is 0 Å². The Balaban J connectivity index is 2.78. The minimum Gasteiger partial charge on any atom is -0.348 e. The first-order valence-corrected chi connectivity index (χ1v) is 8.88. The molecule has 0 aliphatic rings. The Hall–Kier alpha value is -1.36. The van der Waals surface area contributed by atoms with Gasteiger partial charge in [0.25, 0.3) is 5.91 Å². The van der Waals surface area contributed by atoms with Crippen molar-refractivity contribution < 1.29 is 13.2 Å². The number of hydrogen-bond donors (Lipinski definition) is 2. The maximum atomic E-state index is 12.0. The zero-order valence-electron chi connectivity index (χ0n) is 11.7. The monoisotopic (exact) mass is 314 g/mol. The van der Waals surface area contributed by atoms with Crippen LogP contribution in [0.1, 0.15) is 27.0 Å². The standard InChI is InChI=1S/C13H18N2O3S2/c1-9-7-12(19-11(9)5-4-6-14)13(16)15-10(2)8-20(3,17)18/h7,10H,6,8,14H2,1-3H3,(H,15,16). The van der Waals surface area contributed by atoms with E-state index in [2.05, 4.69) is 17.2 Å². The number of carbonyl (C=O) groups excluding carboxylic acids is 1. The van der Waals surface area contributed by atoms with Crippen LogP contribution in [0, 0.1) is 18.8 Å². The average molecular weight is 314 g/mol. The third kappa shape index (κ3) is 5.33. The second kappa shape index (κ2) is 6.88. The van der Waals surface area contributed by atoms with Gasteiger partial charge in [-0.15, -0.1) is 11.3 Å². The summed E-state index contributed by atoms with van der Waals surface area (Å²) in [5.41, 5.74) is 6.23. The van der Waals surface area contributed by atoms with Gasteiger partial charge in [0, 0.05) is 12.3 Å². The minimum atomic E-state index is -3.11. The molecule has 0 saturated carbocycles. The fourth-order valence-electron chi connectivity index (χ4n) is 1.64. The van der Waals surface area contributed by atoms with Crippen molar-refractivity contribution in [3.63, 3.8) is 0 Å². The SMILES string of the molecule is Cc1cc(C(=O)NC(C)CS(C)(=O)=O)sc1C#CCN. The molecular formula is C13H18N2O3S2. The number of nitrogens with one attached hydrogen (secondary N) is 1. The van der Waals surface area contributed by atoms with Crippen LogP contribution in [-0.2, 0) is 9.84 Å².